The summed E-state index contributed by atoms with van der Waals surface area (Å²) in [7, 11) is 1.54. The van der Waals surface area contributed by atoms with Crippen molar-refractivity contribution in [3.8, 4) is 5.75 Å². The first kappa shape index (κ1) is 18.2. The van der Waals surface area contributed by atoms with E-state index in [1.165, 1.54) is 12.1 Å². The van der Waals surface area contributed by atoms with Crippen LogP contribution in [0.3, 0.4) is 0 Å². The molecule has 7 heteroatoms. The molecule has 0 aliphatic carbocycles. The van der Waals surface area contributed by atoms with E-state index in [-0.39, 0.29) is 23.1 Å². The van der Waals surface area contributed by atoms with E-state index in [4.69, 9.17) is 9.47 Å². The van der Waals surface area contributed by atoms with Gasteiger partial charge < -0.3 is 14.8 Å². The van der Waals surface area contributed by atoms with Crippen molar-refractivity contribution >= 4 is 23.4 Å². The molecule has 0 bridgehead atoms. The van der Waals surface area contributed by atoms with Crippen molar-refractivity contribution in [2.75, 3.05) is 25.2 Å². The Morgan fingerprint density at radius 3 is 2.57 bits per heavy atom. The fourth-order valence-electron chi connectivity index (χ4n) is 3.46. The number of nitrogens with one attached hydrogen (secondary N) is 1. The Morgan fingerprint density at radius 2 is 1.89 bits per heavy atom. The molecule has 2 aromatic rings. The lowest BCUT2D eigenvalue weighted by atomic mass is 10.1. The standard InChI is InChI=1S/C21H20N2O5/c1-27-15-7-5-14(6-8-15)23-20(25)17-9-4-13(11-18(17)21(23)26)19(24)22-12-16-3-2-10-28-16/h4-9,11,16H,2-3,10,12H2,1H3,(H,22,24)/t16-/m1/s1. The highest BCUT2D eigenvalue weighted by Gasteiger charge is 2.37. The van der Waals surface area contributed by atoms with E-state index in [0.29, 0.717) is 23.5 Å². The zero-order valence-electron chi connectivity index (χ0n) is 15.4. The Balaban J connectivity index is 1.53. The van der Waals surface area contributed by atoms with Crippen molar-refractivity contribution in [1.29, 1.82) is 0 Å². The number of methoxy groups -OCH3 is 1. The third-order valence-electron chi connectivity index (χ3n) is 4.99. The summed E-state index contributed by atoms with van der Waals surface area (Å²) < 4.78 is 10.6. The lowest BCUT2D eigenvalue weighted by molar-refractivity contribution is 0.0857. The predicted octanol–water partition coefficient (Wildman–Crippen LogP) is 2.40. The van der Waals surface area contributed by atoms with Gasteiger partial charge in [0, 0.05) is 18.7 Å². The summed E-state index contributed by atoms with van der Waals surface area (Å²) in [6.07, 6.45) is 1.96. The van der Waals surface area contributed by atoms with Gasteiger partial charge >= 0.3 is 0 Å². The maximum Gasteiger partial charge on any atom is 0.266 e. The van der Waals surface area contributed by atoms with Crippen LogP contribution in [0, 0.1) is 0 Å². The normalized spacial score (nSPS) is 18.3. The van der Waals surface area contributed by atoms with Crippen molar-refractivity contribution < 1.29 is 23.9 Å². The van der Waals surface area contributed by atoms with E-state index in [2.05, 4.69) is 5.32 Å². The number of ether oxygens (including phenoxy) is 2. The molecular formula is C21H20N2O5. The second-order valence-corrected chi connectivity index (χ2v) is 6.75. The number of imide groups is 1. The molecule has 28 heavy (non-hydrogen) atoms. The van der Waals surface area contributed by atoms with Crippen LogP contribution in [-0.2, 0) is 4.74 Å². The highest BCUT2D eigenvalue weighted by atomic mass is 16.5. The minimum absolute atomic E-state index is 0.0344. The topological polar surface area (TPSA) is 84.9 Å². The lowest BCUT2D eigenvalue weighted by Gasteiger charge is -2.14. The molecule has 144 valence electrons. The molecule has 2 aromatic carbocycles. The maximum atomic E-state index is 12.8. The summed E-state index contributed by atoms with van der Waals surface area (Å²) in [4.78, 5) is 39.1. The van der Waals surface area contributed by atoms with Crippen molar-refractivity contribution in [2.45, 2.75) is 18.9 Å². The van der Waals surface area contributed by atoms with E-state index in [1.54, 1.807) is 37.4 Å². The quantitative estimate of drug-likeness (QED) is 0.805. The Bertz CT molecular complexity index is 932. The summed E-state index contributed by atoms with van der Waals surface area (Å²) >= 11 is 0. The van der Waals surface area contributed by atoms with Gasteiger partial charge in [0.15, 0.2) is 0 Å². The number of carbonyl (C=O) groups is 3. The summed E-state index contributed by atoms with van der Waals surface area (Å²) in [6, 6.07) is 11.2. The maximum absolute atomic E-state index is 12.8. The van der Waals surface area contributed by atoms with Gasteiger partial charge in [-0.25, -0.2) is 4.90 Å². The molecule has 0 aromatic heterocycles. The van der Waals surface area contributed by atoms with Crippen molar-refractivity contribution in [3.63, 3.8) is 0 Å². The SMILES string of the molecule is COc1ccc(N2C(=O)c3ccc(C(=O)NC[C@H]4CCCO4)cc3C2=O)cc1. The Morgan fingerprint density at radius 1 is 1.14 bits per heavy atom. The van der Waals surface area contributed by atoms with Gasteiger partial charge in [0.2, 0.25) is 0 Å². The number of anilines is 1. The van der Waals surface area contributed by atoms with Gasteiger partial charge in [0.1, 0.15) is 5.75 Å². The van der Waals surface area contributed by atoms with Crippen LogP contribution in [0.4, 0.5) is 5.69 Å². The third kappa shape index (κ3) is 3.25. The third-order valence-corrected chi connectivity index (χ3v) is 4.99. The molecular weight excluding hydrogens is 360 g/mol. The number of nitrogens with zero attached hydrogens (tertiary/aromatic N) is 1. The molecule has 1 N–H and O–H groups in total. The van der Waals surface area contributed by atoms with Crippen LogP contribution in [-0.4, -0.2) is 44.1 Å². The number of rotatable bonds is 5. The zero-order chi connectivity index (χ0) is 19.7. The Labute approximate surface area is 162 Å². The molecule has 7 nitrogen and oxygen atoms in total. The first-order valence-electron chi connectivity index (χ1n) is 9.15. The second-order valence-electron chi connectivity index (χ2n) is 6.75. The monoisotopic (exact) mass is 380 g/mol. The fourth-order valence-corrected chi connectivity index (χ4v) is 3.46. The van der Waals surface area contributed by atoms with Gasteiger partial charge in [-0.05, 0) is 55.3 Å². The summed E-state index contributed by atoms with van der Waals surface area (Å²) in [5, 5.41) is 2.83. The molecule has 1 atom stereocenters. The van der Waals surface area contributed by atoms with Gasteiger partial charge in [-0.3, -0.25) is 14.4 Å². The minimum Gasteiger partial charge on any atom is -0.497 e. The van der Waals surface area contributed by atoms with Crippen LogP contribution in [0.15, 0.2) is 42.5 Å². The first-order valence-corrected chi connectivity index (χ1v) is 9.15. The largest absolute Gasteiger partial charge is 0.497 e. The Hall–Kier alpha value is -3.19. The van der Waals surface area contributed by atoms with E-state index < -0.39 is 11.8 Å². The number of fused-ring (bicyclic) bond motifs is 1. The van der Waals surface area contributed by atoms with Gasteiger partial charge in [0.05, 0.1) is 30.0 Å². The number of hydrogen-bond acceptors (Lipinski definition) is 5. The number of hydrogen-bond donors (Lipinski definition) is 1. The van der Waals surface area contributed by atoms with Crippen LogP contribution in [0.25, 0.3) is 0 Å². The lowest BCUT2D eigenvalue weighted by Crippen LogP contribution is -2.31. The van der Waals surface area contributed by atoms with Gasteiger partial charge in [-0.1, -0.05) is 0 Å². The Kier molecular flexibility index (Phi) is 4.83. The molecule has 2 aliphatic heterocycles. The predicted molar refractivity (Wildman–Crippen MR) is 102 cm³/mol. The van der Waals surface area contributed by atoms with Crippen molar-refractivity contribution in [3.05, 3.63) is 59.2 Å². The first-order chi connectivity index (χ1) is 13.6. The molecule has 2 aliphatic rings. The minimum atomic E-state index is -0.445. The molecule has 1 fully saturated rings. The highest BCUT2D eigenvalue weighted by molar-refractivity contribution is 6.34. The van der Waals surface area contributed by atoms with Crippen LogP contribution >= 0.6 is 0 Å². The van der Waals surface area contributed by atoms with Gasteiger partial charge in [-0.15, -0.1) is 0 Å². The molecule has 3 amide bonds. The molecule has 1 saturated heterocycles. The van der Waals surface area contributed by atoms with Crippen LogP contribution in [0.5, 0.6) is 5.75 Å². The summed E-state index contributed by atoms with van der Waals surface area (Å²) in [5.74, 6) is -0.512. The molecule has 0 spiro atoms. The van der Waals surface area contributed by atoms with Gasteiger partial charge in [-0.2, -0.15) is 0 Å². The van der Waals surface area contributed by atoms with E-state index in [1.807, 2.05) is 0 Å². The molecule has 0 radical (unpaired) electrons. The zero-order valence-corrected chi connectivity index (χ0v) is 15.4. The second kappa shape index (κ2) is 7.44. The molecule has 0 saturated carbocycles. The van der Waals surface area contributed by atoms with Crippen molar-refractivity contribution in [2.24, 2.45) is 0 Å². The van der Waals surface area contributed by atoms with Crippen LogP contribution < -0.4 is 15.0 Å². The average Bonchev–Trinajstić information content (AvgIpc) is 3.33. The fraction of sp³-hybridized carbons (Fsp3) is 0.286. The highest BCUT2D eigenvalue weighted by Crippen LogP contribution is 2.30. The smallest absolute Gasteiger partial charge is 0.266 e. The van der Waals surface area contributed by atoms with E-state index in [0.717, 1.165) is 24.3 Å². The number of benzene rings is 2. The average molecular weight is 380 g/mol. The summed E-state index contributed by atoms with van der Waals surface area (Å²) in [6.45, 7) is 1.15. The number of amides is 3. The van der Waals surface area contributed by atoms with Crippen LogP contribution in [0.2, 0.25) is 0 Å². The summed E-state index contributed by atoms with van der Waals surface area (Å²) in [5.41, 5.74) is 1.31. The van der Waals surface area contributed by atoms with Gasteiger partial charge in [0.25, 0.3) is 17.7 Å². The van der Waals surface area contributed by atoms with Crippen LogP contribution in [0.1, 0.15) is 43.9 Å². The van der Waals surface area contributed by atoms with E-state index in [9.17, 15) is 14.4 Å². The molecule has 2 heterocycles. The molecule has 0 unspecified atom stereocenters. The van der Waals surface area contributed by atoms with E-state index >= 15 is 0 Å². The van der Waals surface area contributed by atoms with Crippen molar-refractivity contribution in [1.82, 2.24) is 5.32 Å². The number of carbonyl (C=O) groups excluding carboxylic acids is 3. The molecule has 4 rings (SSSR count).